The minimum Gasteiger partial charge on any atom is -0.444 e. The van der Waals surface area contributed by atoms with Crippen molar-refractivity contribution in [3.8, 4) is 11.5 Å². The minimum atomic E-state index is -0.287. The van der Waals surface area contributed by atoms with E-state index in [0.717, 1.165) is 26.2 Å². The number of aromatic nitrogens is 1. The van der Waals surface area contributed by atoms with Crippen LogP contribution in [-0.4, -0.2) is 54.0 Å². The zero-order valence-electron chi connectivity index (χ0n) is 12.6. The first-order valence-corrected chi connectivity index (χ1v) is 7.94. The Kier molecular flexibility index (Phi) is 4.87. The molecule has 0 bridgehead atoms. The van der Waals surface area contributed by atoms with E-state index in [9.17, 15) is 4.79 Å². The van der Waals surface area contributed by atoms with Gasteiger partial charge in [0.15, 0.2) is 5.69 Å². The average Bonchev–Trinajstić information content (AvgIpc) is 3.02. The van der Waals surface area contributed by atoms with Crippen LogP contribution in [0.15, 0.2) is 28.9 Å². The summed E-state index contributed by atoms with van der Waals surface area (Å²) in [5.41, 5.74) is 3.73. The number of carbonyl (C=O) groups excluding carboxylic acids is 1. The lowest BCUT2D eigenvalue weighted by Gasteiger charge is -2.32. The molecule has 122 valence electrons. The van der Waals surface area contributed by atoms with Gasteiger partial charge in [-0.3, -0.25) is 10.2 Å². The Hall–Kier alpha value is -1.60. The van der Waals surface area contributed by atoms with Crippen molar-refractivity contribution in [1.82, 2.24) is 20.3 Å². The van der Waals surface area contributed by atoms with E-state index in [2.05, 4.69) is 22.4 Å². The summed E-state index contributed by atoms with van der Waals surface area (Å²) in [7, 11) is 2.06. The molecule has 1 N–H and O–H groups in total. The summed E-state index contributed by atoms with van der Waals surface area (Å²) < 4.78 is 5.37. The van der Waals surface area contributed by atoms with Crippen molar-refractivity contribution in [1.29, 1.82) is 0 Å². The van der Waals surface area contributed by atoms with Crippen molar-refractivity contribution in [2.45, 2.75) is 0 Å². The van der Waals surface area contributed by atoms with Gasteiger partial charge in [-0.25, -0.2) is 9.99 Å². The zero-order chi connectivity index (χ0) is 16.4. The minimum absolute atomic E-state index is 0.227. The van der Waals surface area contributed by atoms with Crippen molar-refractivity contribution >= 4 is 29.1 Å². The van der Waals surface area contributed by atoms with Crippen LogP contribution in [0, 0.1) is 0 Å². The molecule has 3 rings (SSSR count). The van der Waals surface area contributed by atoms with E-state index < -0.39 is 0 Å². The Morgan fingerprint density at radius 2 is 1.96 bits per heavy atom. The van der Waals surface area contributed by atoms with Crippen LogP contribution in [0.25, 0.3) is 11.5 Å². The molecule has 0 atom stereocenters. The van der Waals surface area contributed by atoms with Gasteiger partial charge in [-0.2, -0.15) is 0 Å². The molecular formula is C15H16Cl2N4O2. The van der Waals surface area contributed by atoms with Crippen molar-refractivity contribution in [2.24, 2.45) is 0 Å². The molecule has 8 heteroatoms. The summed E-state index contributed by atoms with van der Waals surface area (Å²) >= 11 is 11.9. The Balaban J connectivity index is 1.68. The summed E-state index contributed by atoms with van der Waals surface area (Å²) in [4.78, 5) is 18.6. The van der Waals surface area contributed by atoms with Crippen LogP contribution in [0.5, 0.6) is 0 Å². The number of hydrogen-bond donors (Lipinski definition) is 1. The molecule has 0 saturated carbocycles. The number of oxazole rings is 1. The number of carbonyl (C=O) groups is 1. The van der Waals surface area contributed by atoms with Crippen LogP contribution in [0.2, 0.25) is 10.0 Å². The molecular weight excluding hydrogens is 339 g/mol. The third-order valence-electron chi connectivity index (χ3n) is 3.67. The first kappa shape index (κ1) is 16.3. The maximum Gasteiger partial charge on any atom is 0.287 e. The van der Waals surface area contributed by atoms with Crippen molar-refractivity contribution in [2.75, 3.05) is 33.2 Å². The molecule has 2 heterocycles. The normalized spacial score (nSPS) is 16.5. The molecule has 1 aliphatic rings. The van der Waals surface area contributed by atoms with Gasteiger partial charge in [0.05, 0.1) is 10.0 Å². The topological polar surface area (TPSA) is 61.6 Å². The fraction of sp³-hybridized carbons (Fsp3) is 0.333. The summed E-state index contributed by atoms with van der Waals surface area (Å²) in [6.45, 7) is 3.38. The fourth-order valence-corrected chi connectivity index (χ4v) is 2.56. The molecule has 1 amide bonds. The molecule has 1 aliphatic heterocycles. The smallest absolute Gasteiger partial charge is 0.287 e. The highest BCUT2D eigenvalue weighted by molar-refractivity contribution is 6.42. The predicted molar refractivity (Wildman–Crippen MR) is 88.5 cm³/mol. The number of nitrogens with zero attached hydrogens (tertiary/aromatic N) is 3. The van der Waals surface area contributed by atoms with Gasteiger partial charge >= 0.3 is 0 Å². The molecule has 0 aliphatic carbocycles. The van der Waals surface area contributed by atoms with Crippen LogP contribution < -0.4 is 5.43 Å². The fourth-order valence-electron chi connectivity index (χ4n) is 2.26. The predicted octanol–water partition coefficient (Wildman–Crippen LogP) is 2.54. The molecule has 0 unspecified atom stereocenters. The SMILES string of the molecule is CN1CCN(NC(=O)c2coc(-c3ccc(Cl)c(Cl)c3)n2)CC1. The monoisotopic (exact) mass is 354 g/mol. The number of amides is 1. The number of hydrazine groups is 1. The average molecular weight is 355 g/mol. The molecule has 2 aromatic rings. The van der Waals surface area contributed by atoms with Crippen LogP contribution in [0.4, 0.5) is 0 Å². The van der Waals surface area contributed by atoms with Gasteiger partial charge in [0.1, 0.15) is 6.26 Å². The van der Waals surface area contributed by atoms with Crippen LogP contribution >= 0.6 is 23.2 Å². The number of piperazine rings is 1. The Morgan fingerprint density at radius 1 is 1.22 bits per heavy atom. The van der Waals surface area contributed by atoms with Gasteiger partial charge in [-0.05, 0) is 25.2 Å². The van der Waals surface area contributed by atoms with Gasteiger partial charge in [0.25, 0.3) is 5.91 Å². The largest absolute Gasteiger partial charge is 0.444 e. The van der Waals surface area contributed by atoms with Gasteiger partial charge in [0, 0.05) is 31.7 Å². The van der Waals surface area contributed by atoms with E-state index in [1.54, 1.807) is 18.2 Å². The molecule has 1 saturated heterocycles. The highest BCUT2D eigenvalue weighted by Crippen LogP contribution is 2.28. The summed E-state index contributed by atoms with van der Waals surface area (Å²) in [6.07, 6.45) is 1.34. The van der Waals surface area contributed by atoms with E-state index in [0.29, 0.717) is 21.5 Å². The summed E-state index contributed by atoms with van der Waals surface area (Å²) in [5, 5.41) is 2.75. The van der Waals surface area contributed by atoms with Gasteiger partial charge < -0.3 is 9.32 Å². The van der Waals surface area contributed by atoms with Crippen LogP contribution in [0.1, 0.15) is 10.5 Å². The molecule has 0 radical (unpaired) electrons. The van der Waals surface area contributed by atoms with Gasteiger partial charge in [-0.1, -0.05) is 23.2 Å². The lowest BCUT2D eigenvalue weighted by atomic mass is 10.2. The second-order valence-corrected chi connectivity index (χ2v) is 6.21. The number of halogens is 2. The highest BCUT2D eigenvalue weighted by atomic mass is 35.5. The van der Waals surface area contributed by atoms with E-state index in [1.807, 2.05) is 5.01 Å². The van der Waals surface area contributed by atoms with E-state index in [4.69, 9.17) is 27.6 Å². The summed E-state index contributed by atoms with van der Waals surface area (Å²) in [5.74, 6) is 0.0386. The second kappa shape index (κ2) is 6.88. The van der Waals surface area contributed by atoms with Crippen molar-refractivity contribution in [3.63, 3.8) is 0 Å². The van der Waals surface area contributed by atoms with Crippen LogP contribution in [-0.2, 0) is 0 Å². The molecule has 1 aromatic heterocycles. The quantitative estimate of drug-likeness (QED) is 0.917. The number of rotatable bonds is 3. The molecule has 1 fully saturated rings. The lowest BCUT2D eigenvalue weighted by Crippen LogP contribution is -2.52. The van der Waals surface area contributed by atoms with E-state index >= 15 is 0 Å². The van der Waals surface area contributed by atoms with Crippen molar-refractivity contribution in [3.05, 3.63) is 40.2 Å². The van der Waals surface area contributed by atoms with Crippen LogP contribution in [0.3, 0.4) is 0 Å². The third kappa shape index (κ3) is 3.84. The van der Waals surface area contributed by atoms with E-state index in [1.165, 1.54) is 6.26 Å². The first-order valence-electron chi connectivity index (χ1n) is 7.18. The Bertz CT molecular complexity index is 711. The molecule has 0 spiro atoms. The number of nitrogens with one attached hydrogen (secondary N) is 1. The van der Waals surface area contributed by atoms with E-state index in [-0.39, 0.29) is 11.6 Å². The Labute approximate surface area is 143 Å². The van der Waals surface area contributed by atoms with Gasteiger partial charge in [-0.15, -0.1) is 0 Å². The molecule has 6 nitrogen and oxygen atoms in total. The maximum atomic E-state index is 12.2. The highest BCUT2D eigenvalue weighted by Gasteiger charge is 2.19. The third-order valence-corrected chi connectivity index (χ3v) is 4.41. The Morgan fingerprint density at radius 3 is 2.65 bits per heavy atom. The number of hydrogen-bond acceptors (Lipinski definition) is 5. The number of benzene rings is 1. The first-order chi connectivity index (χ1) is 11.0. The molecule has 23 heavy (non-hydrogen) atoms. The summed E-state index contributed by atoms with van der Waals surface area (Å²) in [6, 6.07) is 5.05. The van der Waals surface area contributed by atoms with Crippen molar-refractivity contribution < 1.29 is 9.21 Å². The van der Waals surface area contributed by atoms with Gasteiger partial charge in [0.2, 0.25) is 5.89 Å². The second-order valence-electron chi connectivity index (χ2n) is 5.40. The number of likely N-dealkylation sites (N-methyl/N-ethyl adjacent to an activating group) is 1. The molecule has 1 aromatic carbocycles. The zero-order valence-corrected chi connectivity index (χ0v) is 14.1. The maximum absolute atomic E-state index is 12.2. The lowest BCUT2D eigenvalue weighted by molar-refractivity contribution is 0.0657. The standard InChI is InChI=1S/C15H16Cl2N4O2/c1-20-4-6-21(7-5-20)19-14(22)13-9-23-15(18-13)10-2-3-11(16)12(17)8-10/h2-3,8-9H,4-7H2,1H3,(H,19,22).